The van der Waals surface area contributed by atoms with Crippen LogP contribution in [0.1, 0.15) is 85.5 Å². The fourth-order valence-electron chi connectivity index (χ4n) is 9.16. The number of rotatable bonds is 7. The van der Waals surface area contributed by atoms with E-state index in [0.717, 1.165) is 13.8 Å². The molecule has 14 nitrogen and oxygen atoms in total. The van der Waals surface area contributed by atoms with Crippen LogP contribution in [0.3, 0.4) is 0 Å². The first-order chi connectivity index (χ1) is 23.7. The topological polar surface area (TPSA) is 187 Å². The van der Waals surface area contributed by atoms with Gasteiger partial charge in [-0.3, -0.25) is 24.0 Å². The van der Waals surface area contributed by atoms with Gasteiger partial charge >= 0.3 is 35.8 Å². The third kappa shape index (κ3) is 6.19. The third-order valence-corrected chi connectivity index (χ3v) is 11.3. The summed E-state index contributed by atoms with van der Waals surface area (Å²) in [6.45, 7) is 12.2. The van der Waals surface area contributed by atoms with Gasteiger partial charge in [0.1, 0.15) is 30.0 Å². The van der Waals surface area contributed by atoms with E-state index in [1.54, 1.807) is 45.9 Å². The first-order valence-corrected chi connectivity index (χ1v) is 16.9. The zero-order valence-electron chi connectivity index (χ0n) is 30.3. The molecule has 1 N–H and O–H groups in total. The van der Waals surface area contributed by atoms with Crippen molar-refractivity contribution in [3.05, 3.63) is 47.0 Å². The van der Waals surface area contributed by atoms with E-state index in [1.807, 2.05) is 0 Å². The quantitative estimate of drug-likeness (QED) is 0.247. The van der Waals surface area contributed by atoms with Crippen LogP contribution in [0.15, 0.2) is 41.5 Å². The standard InChI is InChI=1S/C37H46O14/c1-18-25(46-19(2)38)16-37(44)32(50-33(43)24-13-11-10-12-14-24)30-35(9,26(47-20(3)39)15-27-36(30,17-45-27)51-23(6)42)31(49-22(5)41)29(48-21(4)40)28(18)34(37,7)8/h10-14,25-27,29-32,44H,15-17H2,1-9H3/t25-,26-,27+,29+,30-,31-,32+,35+,36-,37+/m0/s1. The maximum absolute atomic E-state index is 14.2. The molecule has 0 unspecified atom stereocenters. The number of carbonyl (C=O) groups is 6. The van der Waals surface area contributed by atoms with Crippen molar-refractivity contribution < 1.29 is 67.0 Å². The summed E-state index contributed by atoms with van der Waals surface area (Å²) in [5.41, 5.74) is -6.32. The highest BCUT2D eigenvalue weighted by molar-refractivity contribution is 5.89. The van der Waals surface area contributed by atoms with E-state index in [1.165, 1.54) is 32.9 Å². The van der Waals surface area contributed by atoms with Crippen LogP contribution in [0.2, 0.25) is 0 Å². The molecule has 0 spiro atoms. The molecule has 0 radical (unpaired) electrons. The van der Waals surface area contributed by atoms with E-state index in [0.29, 0.717) is 5.57 Å². The number of esters is 6. The second-order valence-corrected chi connectivity index (χ2v) is 14.7. The van der Waals surface area contributed by atoms with Gasteiger partial charge in [0.2, 0.25) is 0 Å². The molecule has 278 valence electrons. The van der Waals surface area contributed by atoms with E-state index in [2.05, 4.69) is 0 Å². The van der Waals surface area contributed by atoms with Crippen molar-refractivity contribution in [2.75, 3.05) is 6.61 Å². The zero-order chi connectivity index (χ0) is 37.8. The lowest BCUT2D eigenvalue weighted by Gasteiger charge is -2.69. The molecule has 3 aliphatic carbocycles. The molecule has 2 bridgehead atoms. The van der Waals surface area contributed by atoms with Gasteiger partial charge in [-0.15, -0.1) is 0 Å². The van der Waals surface area contributed by atoms with Gasteiger partial charge in [-0.2, -0.15) is 0 Å². The largest absolute Gasteiger partial charge is 0.462 e. The van der Waals surface area contributed by atoms with Gasteiger partial charge in [0, 0.05) is 52.9 Å². The molecular formula is C37H46O14. The molecule has 51 heavy (non-hydrogen) atoms. The number of aliphatic hydroxyl groups is 1. The molecule has 0 amide bonds. The summed E-state index contributed by atoms with van der Waals surface area (Å²) in [4.78, 5) is 78.6. The summed E-state index contributed by atoms with van der Waals surface area (Å²) in [5.74, 6) is -5.93. The first-order valence-electron chi connectivity index (χ1n) is 16.9. The van der Waals surface area contributed by atoms with E-state index in [-0.39, 0.29) is 30.6 Å². The van der Waals surface area contributed by atoms with Crippen LogP contribution in [0.25, 0.3) is 0 Å². The maximum Gasteiger partial charge on any atom is 0.338 e. The minimum Gasteiger partial charge on any atom is -0.462 e. The molecule has 1 saturated heterocycles. The first kappa shape index (κ1) is 37.9. The Labute approximate surface area is 296 Å². The number of hydrogen-bond acceptors (Lipinski definition) is 14. The highest BCUT2D eigenvalue weighted by Gasteiger charge is 2.79. The van der Waals surface area contributed by atoms with Gasteiger partial charge in [0.15, 0.2) is 17.8 Å². The van der Waals surface area contributed by atoms with Gasteiger partial charge in [-0.05, 0) is 30.2 Å². The molecule has 1 aromatic carbocycles. The Morgan fingerprint density at radius 2 is 1.35 bits per heavy atom. The predicted octanol–water partition coefficient (Wildman–Crippen LogP) is 3.16. The Balaban J connectivity index is 1.95. The molecule has 10 atom stereocenters. The van der Waals surface area contributed by atoms with Crippen LogP contribution in [0, 0.1) is 16.7 Å². The van der Waals surface area contributed by atoms with E-state index < -0.39 is 100 Å². The van der Waals surface area contributed by atoms with Crippen molar-refractivity contribution >= 4 is 35.8 Å². The lowest BCUT2D eigenvalue weighted by molar-refractivity contribution is -0.365. The smallest absolute Gasteiger partial charge is 0.338 e. The monoisotopic (exact) mass is 714 g/mol. The number of fused-ring (bicyclic) bond motifs is 5. The Hall–Kier alpha value is -4.30. The predicted molar refractivity (Wildman–Crippen MR) is 174 cm³/mol. The second kappa shape index (κ2) is 13.4. The minimum absolute atomic E-state index is 0.0698. The zero-order valence-corrected chi connectivity index (χ0v) is 30.3. The molecule has 1 aromatic rings. The molecule has 5 rings (SSSR count). The fraction of sp³-hybridized carbons (Fsp3) is 0.622. The Kier molecular flexibility index (Phi) is 9.93. The third-order valence-electron chi connectivity index (χ3n) is 11.3. The fourth-order valence-corrected chi connectivity index (χ4v) is 9.16. The number of benzene rings is 1. The van der Waals surface area contributed by atoms with Gasteiger partial charge < -0.3 is 38.3 Å². The van der Waals surface area contributed by atoms with Crippen LogP contribution in [0.5, 0.6) is 0 Å². The summed E-state index contributed by atoms with van der Waals surface area (Å²) in [5, 5.41) is 13.5. The average molecular weight is 715 g/mol. The highest BCUT2D eigenvalue weighted by atomic mass is 16.6. The molecule has 3 fully saturated rings. The Morgan fingerprint density at radius 1 is 0.765 bits per heavy atom. The lowest BCUT2D eigenvalue weighted by Crippen LogP contribution is -2.82. The number of ether oxygens (including phenoxy) is 7. The van der Waals surface area contributed by atoms with E-state index >= 15 is 0 Å². The van der Waals surface area contributed by atoms with Crippen molar-refractivity contribution in [1.82, 2.24) is 0 Å². The van der Waals surface area contributed by atoms with Gasteiger partial charge in [-0.25, -0.2) is 4.79 Å². The summed E-state index contributed by atoms with van der Waals surface area (Å²) in [6, 6.07) is 8.02. The van der Waals surface area contributed by atoms with Crippen molar-refractivity contribution in [1.29, 1.82) is 0 Å². The summed E-state index contributed by atoms with van der Waals surface area (Å²) in [6.07, 6.45) is -8.34. The molecule has 0 aromatic heterocycles. The average Bonchev–Trinajstić information content (AvgIpc) is 3.00. The molecule has 2 saturated carbocycles. The van der Waals surface area contributed by atoms with Gasteiger partial charge in [-0.1, -0.05) is 39.0 Å². The van der Waals surface area contributed by atoms with Crippen LogP contribution in [-0.2, 0) is 57.1 Å². The van der Waals surface area contributed by atoms with Crippen LogP contribution >= 0.6 is 0 Å². The molecule has 1 heterocycles. The Bertz CT molecular complexity index is 1650. The second-order valence-electron chi connectivity index (χ2n) is 14.7. The Morgan fingerprint density at radius 3 is 1.86 bits per heavy atom. The van der Waals surface area contributed by atoms with Crippen molar-refractivity contribution in [2.45, 2.75) is 123 Å². The summed E-state index contributed by atoms with van der Waals surface area (Å²) >= 11 is 0. The minimum atomic E-state index is -2.19. The van der Waals surface area contributed by atoms with Gasteiger partial charge in [0.05, 0.1) is 23.5 Å². The van der Waals surface area contributed by atoms with Crippen LogP contribution < -0.4 is 0 Å². The molecule has 1 aliphatic heterocycles. The van der Waals surface area contributed by atoms with Crippen LogP contribution in [-0.4, -0.2) is 95.4 Å². The number of carbonyl (C=O) groups excluding carboxylic acids is 6. The van der Waals surface area contributed by atoms with E-state index in [4.69, 9.17) is 33.2 Å². The van der Waals surface area contributed by atoms with E-state index in [9.17, 15) is 33.9 Å². The molecule has 4 aliphatic rings. The normalized spacial score (nSPS) is 36.3. The highest BCUT2D eigenvalue weighted by Crippen LogP contribution is 2.66. The maximum atomic E-state index is 14.2. The molecule has 14 heteroatoms. The lowest BCUT2D eigenvalue weighted by atomic mass is 9.44. The van der Waals surface area contributed by atoms with Crippen LogP contribution in [0.4, 0.5) is 0 Å². The summed E-state index contributed by atoms with van der Waals surface area (Å²) < 4.78 is 42.5. The SMILES string of the molecule is CC(=O)O[C@H]1C[C@@]2(O)[C@H](OC(=O)c3ccccc3)[C@@H]3[C@]4(OC(C)=O)CO[C@@H]4C[C@H](OC(C)=O)[C@@]3(C)[C@@H](OC(C)=O)[C@H](OC(C)=O)C(=C1C)C2(C)C. The van der Waals surface area contributed by atoms with Gasteiger partial charge in [0.25, 0.3) is 0 Å². The summed E-state index contributed by atoms with van der Waals surface area (Å²) in [7, 11) is 0. The number of hydrogen-bond donors (Lipinski definition) is 1. The molecular weight excluding hydrogens is 668 g/mol. The van der Waals surface area contributed by atoms with Crippen molar-refractivity contribution in [2.24, 2.45) is 16.7 Å². The van der Waals surface area contributed by atoms with Crippen molar-refractivity contribution in [3.8, 4) is 0 Å². The van der Waals surface area contributed by atoms with Crippen molar-refractivity contribution in [3.63, 3.8) is 0 Å².